The van der Waals surface area contributed by atoms with Gasteiger partial charge in [0.05, 0.1) is 13.2 Å². The van der Waals surface area contributed by atoms with Crippen molar-refractivity contribution in [2.75, 3.05) is 26.9 Å². The first-order chi connectivity index (χ1) is 5.40. The maximum absolute atomic E-state index is 5.44. The molecule has 0 spiro atoms. The van der Waals surface area contributed by atoms with Crippen LogP contribution in [0.15, 0.2) is 0 Å². The lowest BCUT2D eigenvalue weighted by Crippen LogP contribution is -2.05. The SMILES string of the molecule is CO[SiH]1CC1COCC1CO1. The average molecular weight is 174 g/mol. The Morgan fingerprint density at radius 1 is 1.55 bits per heavy atom. The third-order valence-corrected chi connectivity index (χ3v) is 4.71. The maximum atomic E-state index is 5.44. The van der Waals surface area contributed by atoms with E-state index in [1.807, 2.05) is 7.11 Å². The summed E-state index contributed by atoms with van der Waals surface area (Å²) in [6.07, 6.45) is 0.413. The normalized spacial score (nSPS) is 40.6. The van der Waals surface area contributed by atoms with E-state index in [1.54, 1.807) is 0 Å². The van der Waals surface area contributed by atoms with Crippen LogP contribution in [0, 0.1) is 0 Å². The molecule has 2 aliphatic rings. The van der Waals surface area contributed by atoms with E-state index in [1.165, 1.54) is 6.04 Å². The summed E-state index contributed by atoms with van der Waals surface area (Å²) < 4.78 is 15.7. The summed E-state index contributed by atoms with van der Waals surface area (Å²) >= 11 is 0. The zero-order chi connectivity index (χ0) is 7.68. The largest absolute Gasteiger partial charge is 0.423 e. The Hall–Kier alpha value is 0.0969. The quantitative estimate of drug-likeness (QED) is 0.439. The summed E-state index contributed by atoms with van der Waals surface area (Å²) in [5, 5.41) is 0. The van der Waals surface area contributed by atoms with Crippen LogP contribution in [0.3, 0.4) is 0 Å². The van der Waals surface area contributed by atoms with E-state index < -0.39 is 9.04 Å². The van der Waals surface area contributed by atoms with Gasteiger partial charge < -0.3 is 13.9 Å². The van der Waals surface area contributed by atoms with Crippen molar-refractivity contribution in [3.8, 4) is 0 Å². The molecule has 64 valence electrons. The molecular formula is C7H14O3Si. The second kappa shape index (κ2) is 3.22. The van der Waals surface area contributed by atoms with Gasteiger partial charge in [-0.05, 0) is 11.6 Å². The molecule has 0 radical (unpaired) electrons. The first-order valence-electron chi connectivity index (χ1n) is 4.12. The predicted molar refractivity (Wildman–Crippen MR) is 43.3 cm³/mol. The Labute approximate surface area is 68.4 Å². The predicted octanol–water partition coefficient (Wildman–Crippen LogP) is 0.156. The average Bonchev–Trinajstić information content (AvgIpc) is 2.79. The Balaban J connectivity index is 1.47. The minimum Gasteiger partial charge on any atom is -0.423 e. The van der Waals surface area contributed by atoms with Crippen molar-refractivity contribution < 1.29 is 13.9 Å². The molecule has 0 aromatic heterocycles. The molecule has 2 saturated heterocycles. The molecule has 0 aliphatic carbocycles. The number of hydrogen-bond acceptors (Lipinski definition) is 3. The molecule has 3 atom stereocenters. The lowest BCUT2D eigenvalue weighted by atomic mass is 10.5. The second-order valence-corrected chi connectivity index (χ2v) is 6.23. The molecule has 0 aromatic carbocycles. The van der Waals surface area contributed by atoms with Crippen molar-refractivity contribution in [2.24, 2.45) is 0 Å². The number of epoxide rings is 1. The summed E-state index contributed by atoms with van der Waals surface area (Å²) in [7, 11) is 1.10. The van der Waals surface area contributed by atoms with Gasteiger partial charge in [-0.1, -0.05) is 0 Å². The first kappa shape index (κ1) is 7.73. The van der Waals surface area contributed by atoms with E-state index in [0.717, 1.165) is 25.4 Å². The van der Waals surface area contributed by atoms with Crippen molar-refractivity contribution in [3.05, 3.63) is 0 Å². The highest BCUT2D eigenvalue weighted by atomic mass is 28.3. The summed E-state index contributed by atoms with van der Waals surface area (Å²) in [4.78, 5) is 0. The van der Waals surface area contributed by atoms with E-state index >= 15 is 0 Å². The van der Waals surface area contributed by atoms with Gasteiger partial charge in [-0.25, -0.2) is 0 Å². The van der Waals surface area contributed by atoms with Crippen molar-refractivity contribution >= 4 is 9.04 Å². The van der Waals surface area contributed by atoms with Gasteiger partial charge in [0.15, 0.2) is 9.04 Å². The van der Waals surface area contributed by atoms with Gasteiger partial charge in [0, 0.05) is 13.7 Å². The molecule has 0 amide bonds. The van der Waals surface area contributed by atoms with Crippen molar-refractivity contribution in [1.29, 1.82) is 0 Å². The molecule has 3 nitrogen and oxygen atoms in total. The maximum Gasteiger partial charge on any atom is 0.181 e. The number of ether oxygens (including phenoxy) is 2. The Morgan fingerprint density at radius 3 is 2.91 bits per heavy atom. The van der Waals surface area contributed by atoms with Crippen LogP contribution in [0.1, 0.15) is 0 Å². The zero-order valence-electron chi connectivity index (χ0n) is 6.79. The van der Waals surface area contributed by atoms with Gasteiger partial charge in [-0.2, -0.15) is 0 Å². The fraction of sp³-hybridized carbons (Fsp3) is 1.00. The smallest absolute Gasteiger partial charge is 0.181 e. The van der Waals surface area contributed by atoms with E-state index in [-0.39, 0.29) is 0 Å². The van der Waals surface area contributed by atoms with Gasteiger partial charge in [-0.3, -0.25) is 0 Å². The van der Waals surface area contributed by atoms with E-state index in [0.29, 0.717) is 6.10 Å². The van der Waals surface area contributed by atoms with Crippen LogP contribution < -0.4 is 0 Å². The molecule has 2 fully saturated rings. The van der Waals surface area contributed by atoms with Crippen LogP contribution in [0.25, 0.3) is 0 Å². The molecule has 0 aromatic rings. The lowest BCUT2D eigenvalue weighted by molar-refractivity contribution is 0.120. The Kier molecular flexibility index (Phi) is 2.27. The van der Waals surface area contributed by atoms with Gasteiger partial charge in [0.2, 0.25) is 0 Å². The van der Waals surface area contributed by atoms with E-state index in [9.17, 15) is 0 Å². The second-order valence-electron chi connectivity index (χ2n) is 3.26. The molecule has 3 unspecified atom stereocenters. The van der Waals surface area contributed by atoms with Gasteiger partial charge >= 0.3 is 0 Å². The minimum absolute atomic E-state index is 0.413. The highest BCUT2D eigenvalue weighted by molar-refractivity contribution is 6.65. The monoisotopic (exact) mass is 174 g/mol. The van der Waals surface area contributed by atoms with Crippen LogP contribution in [0.2, 0.25) is 11.6 Å². The molecule has 0 bridgehead atoms. The molecule has 2 heterocycles. The molecule has 0 saturated carbocycles. The Morgan fingerprint density at radius 2 is 2.36 bits per heavy atom. The molecule has 2 aliphatic heterocycles. The van der Waals surface area contributed by atoms with Crippen LogP contribution in [0.4, 0.5) is 0 Å². The first-order valence-corrected chi connectivity index (χ1v) is 6.07. The van der Waals surface area contributed by atoms with Gasteiger partial charge in [0.25, 0.3) is 0 Å². The summed E-state index contributed by atoms with van der Waals surface area (Å²) in [6.45, 7) is 2.60. The van der Waals surface area contributed by atoms with Crippen molar-refractivity contribution in [1.82, 2.24) is 0 Å². The molecular weight excluding hydrogens is 160 g/mol. The topological polar surface area (TPSA) is 31.0 Å². The highest BCUT2D eigenvalue weighted by Gasteiger charge is 2.40. The molecule has 0 N–H and O–H groups in total. The third-order valence-electron chi connectivity index (χ3n) is 2.20. The van der Waals surface area contributed by atoms with Crippen molar-refractivity contribution in [2.45, 2.75) is 17.7 Å². The third kappa shape index (κ3) is 2.26. The summed E-state index contributed by atoms with van der Waals surface area (Å²) in [5.74, 6) is 0. The van der Waals surface area contributed by atoms with Gasteiger partial charge in [0.1, 0.15) is 6.10 Å². The van der Waals surface area contributed by atoms with Gasteiger partial charge in [-0.15, -0.1) is 0 Å². The highest BCUT2D eigenvalue weighted by Crippen LogP contribution is 2.37. The lowest BCUT2D eigenvalue weighted by Gasteiger charge is -1.99. The fourth-order valence-corrected chi connectivity index (χ4v) is 3.04. The fourth-order valence-electron chi connectivity index (χ4n) is 1.20. The van der Waals surface area contributed by atoms with Crippen LogP contribution >= 0.6 is 0 Å². The van der Waals surface area contributed by atoms with Crippen LogP contribution in [-0.2, 0) is 13.9 Å². The van der Waals surface area contributed by atoms with E-state index in [4.69, 9.17) is 13.9 Å². The molecule has 4 heteroatoms. The minimum atomic E-state index is -0.723. The van der Waals surface area contributed by atoms with Crippen LogP contribution in [0.5, 0.6) is 0 Å². The summed E-state index contributed by atoms with van der Waals surface area (Å²) in [6, 6.07) is 1.31. The van der Waals surface area contributed by atoms with Crippen LogP contribution in [-0.4, -0.2) is 42.1 Å². The number of hydrogen-bond donors (Lipinski definition) is 0. The zero-order valence-corrected chi connectivity index (χ0v) is 7.94. The Bertz CT molecular complexity index is 138. The van der Waals surface area contributed by atoms with Crippen molar-refractivity contribution in [3.63, 3.8) is 0 Å². The molecule has 2 rings (SSSR count). The standard InChI is InChI=1S/C7H14O3Si/c1-8-11-5-7(11)4-9-2-6-3-10-6/h6-7,11H,2-5H2,1H3. The summed E-state index contributed by atoms with van der Waals surface area (Å²) in [5.41, 5.74) is 0.791. The molecule has 11 heavy (non-hydrogen) atoms. The van der Waals surface area contributed by atoms with E-state index in [2.05, 4.69) is 0 Å². The number of rotatable bonds is 5.